The first-order chi connectivity index (χ1) is 12.9. The summed E-state index contributed by atoms with van der Waals surface area (Å²) in [6.45, 7) is -0.952. The second-order valence-electron chi connectivity index (χ2n) is 6.69. The molecule has 2 aliphatic rings. The third kappa shape index (κ3) is 3.98. The molecule has 1 heterocycles. The molecule has 0 aromatic heterocycles. The van der Waals surface area contributed by atoms with Gasteiger partial charge in [-0.05, 0) is 31.0 Å². The zero-order valence-electron chi connectivity index (χ0n) is 14.9. The Morgan fingerprint density at radius 2 is 1.78 bits per heavy atom. The molecule has 2 atom stereocenters. The largest absolute Gasteiger partial charge is 0.495 e. The molecule has 2 amide bonds. The fourth-order valence-electron chi connectivity index (χ4n) is 3.63. The number of ether oxygens (including phenoxy) is 2. The molecule has 8 heteroatoms. The normalized spacial score (nSPS) is 21.8. The maximum Gasteiger partial charge on any atom is 0.326 e. The summed E-state index contributed by atoms with van der Waals surface area (Å²) in [6, 6.07) is 4.48. The van der Waals surface area contributed by atoms with E-state index in [2.05, 4.69) is 0 Å². The van der Waals surface area contributed by atoms with Crippen LogP contribution in [0.5, 0.6) is 5.75 Å². The first-order valence-corrected chi connectivity index (χ1v) is 9.17. The number of rotatable bonds is 6. The number of likely N-dealkylation sites (tertiary alicyclic amines) is 1. The highest BCUT2D eigenvalue weighted by Crippen LogP contribution is 2.37. The molecule has 1 aliphatic heterocycles. The third-order valence-corrected chi connectivity index (χ3v) is 5.35. The molecule has 1 aromatic carbocycles. The van der Waals surface area contributed by atoms with Crippen molar-refractivity contribution in [1.82, 2.24) is 4.90 Å². The summed E-state index contributed by atoms with van der Waals surface area (Å²) in [7, 11) is 1.46. The van der Waals surface area contributed by atoms with Crippen LogP contribution in [0.25, 0.3) is 0 Å². The molecule has 0 bridgehead atoms. The van der Waals surface area contributed by atoms with Gasteiger partial charge in [0, 0.05) is 5.56 Å². The molecule has 1 aromatic rings. The fraction of sp³-hybridized carbons (Fsp3) is 0.474. The minimum Gasteiger partial charge on any atom is -0.495 e. The number of hydrogen-bond acceptors (Lipinski definition) is 6. The van der Waals surface area contributed by atoms with E-state index in [9.17, 15) is 19.2 Å². The Bertz CT molecular complexity index is 768. The van der Waals surface area contributed by atoms with E-state index in [0.717, 1.165) is 17.7 Å². The lowest BCUT2D eigenvalue weighted by Gasteiger charge is -2.19. The van der Waals surface area contributed by atoms with Crippen molar-refractivity contribution in [1.29, 1.82) is 0 Å². The molecule has 2 fully saturated rings. The summed E-state index contributed by atoms with van der Waals surface area (Å²) in [5.41, 5.74) is 0.271. The van der Waals surface area contributed by atoms with Gasteiger partial charge in [0.25, 0.3) is 0 Å². The van der Waals surface area contributed by atoms with Crippen molar-refractivity contribution in [2.24, 2.45) is 11.8 Å². The van der Waals surface area contributed by atoms with Gasteiger partial charge in [-0.2, -0.15) is 0 Å². The van der Waals surface area contributed by atoms with Crippen LogP contribution >= 0.6 is 11.6 Å². The number of Topliss-reactive ketones (excluding diaryl/α,β-unsaturated/α-hetero) is 1. The standard InChI is InChI=1S/C19H20ClNO6/c1-26-16-7-6-11(8-14(16)20)15(22)10-27-17(23)9-21-18(24)12-4-2-3-5-13(12)19(21)25/h6-8,12-13H,2-5,9-10H2,1H3/t12-,13-/m1/s1. The Labute approximate surface area is 161 Å². The van der Waals surface area contributed by atoms with Crippen molar-refractivity contribution in [3.63, 3.8) is 0 Å². The quantitative estimate of drug-likeness (QED) is 0.418. The van der Waals surface area contributed by atoms with Gasteiger partial charge in [0.15, 0.2) is 12.4 Å². The highest BCUT2D eigenvalue weighted by atomic mass is 35.5. The monoisotopic (exact) mass is 393 g/mol. The molecule has 144 valence electrons. The van der Waals surface area contributed by atoms with E-state index in [1.54, 1.807) is 6.07 Å². The Hall–Kier alpha value is -2.41. The minimum atomic E-state index is -0.789. The fourth-order valence-corrected chi connectivity index (χ4v) is 3.89. The summed E-state index contributed by atoms with van der Waals surface area (Å²) < 4.78 is 9.97. The van der Waals surface area contributed by atoms with Crippen LogP contribution in [0.2, 0.25) is 5.02 Å². The van der Waals surface area contributed by atoms with Crippen LogP contribution in [0.1, 0.15) is 36.0 Å². The van der Waals surface area contributed by atoms with Gasteiger partial charge >= 0.3 is 5.97 Å². The van der Waals surface area contributed by atoms with E-state index < -0.39 is 24.9 Å². The van der Waals surface area contributed by atoms with Gasteiger partial charge in [0.05, 0.1) is 24.0 Å². The predicted molar refractivity (Wildman–Crippen MR) is 95.5 cm³/mol. The zero-order valence-corrected chi connectivity index (χ0v) is 15.7. The summed E-state index contributed by atoms with van der Waals surface area (Å²) in [5.74, 6) is -2.06. The van der Waals surface area contributed by atoms with E-state index in [0.29, 0.717) is 18.6 Å². The number of carbonyl (C=O) groups is 4. The first-order valence-electron chi connectivity index (χ1n) is 8.80. The SMILES string of the molecule is COc1ccc(C(=O)COC(=O)CN2C(=O)[C@@H]3CCCC[C@H]3C2=O)cc1Cl. The molecule has 1 saturated carbocycles. The van der Waals surface area contributed by atoms with Crippen molar-refractivity contribution < 1.29 is 28.7 Å². The molecule has 0 N–H and O–H groups in total. The molecule has 27 heavy (non-hydrogen) atoms. The van der Waals surface area contributed by atoms with Gasteiger partial charge in [-0.1, -0.05) is 24.4 Å². The number of nitrogens with zero attached hydrogens (tertiary/aromatic N) is 1. The van der Waals surface area contributed by atoms with E-state index in [1.165, 1.54) is 19.2 Å². The minimum absolute atomic E-state index is 0.269. The van der Waals surface area contributed by atoms with Crippen LogP contribution in [0, 0.1) is 11.8 Å². The van der Waals surface area contributed by atoms with Crippen molar-refractivity contribution in [3.8, 4) is 5.75 Å². The van der Waals surface area contributed by atoms with Gasteiger partial charge < -0.3 is 9.47 Å². The van der Waals surface area contributed by atoms with E-state index in [-0.39, 0.29) is 34.2 Å². The molecule has 0 radical (unpaired) electrons. The average Bonchev–Trinajstić information content (AvgIpc) is 2.91. The van der Waals surface area contributed by atoms with E-state index in [4.69, 9.17) is 21.1 Å². The van der Waals surface area contributed by atoms with Gasteiger partial charge in [-0.3, -0.25) is 24.1 Å². The Kier molecular flexibility index (Phi) is 5.79. The van der Waals surface area contributed by atoms with Crippen molar-refractivity contribution in [2.75, 3.05) is 20.3 Å². The molecule has 1 saturated heterocycles. The maximum absolute atomic E-state index is 12.3. The molecule has 7 nitrogen and oxygen atoms in total. The summed E-state index contributed by atoms with van der Waals surface area (Å²) >= 11 is 5.98. The lowest BCUT2D eigenvalue weighted by molar-refractivity contribution is -0.152. The summed E-state index contributed by atoms with van der Waals surface area (Å²) in [4.78, 5) is 49.8. The van der Waals surface area contributed by atoms with Crippen molar-refractivity contribution in [3.05, 3.63) is 28.8 Å². The number of hydrogen-bond donors (Lipinski definition) is 0. The number of halogens is 1. The van der Waals surface area contributed by atoms with E-state index >= 15 is 0 Å². The number of esters is 1. The Balaban J connectivity index is 1.55. The second kappa shape index (κ2) is 8.08. The maximum atomic E-state index is 12.3. The molecular formula is C19H20ClNO6. The first kappa shape index (κ1) is 19.4. The van der Waals surface area contributed by atoms with Crippen LogP contribution in [-0.2, 0) is 19.1 Å². The Morgan fingerprint density at radius 3 is 2.33 bits per heavy atom. The number of benzene rings is 1. The van der Waals surface area contributed by atoms with Crippen LogP contribution < -0.4 is 4.74 Å². The Morgan fingerprint density at radius 1 is 1.15 bits per heavy atom. The topological polar surface area (TPSA) is 90.0 Å². The highest BCUT2D eigenvalue weighted by molar-refractivity contribution is 6.32. The number of amides is 2. The van der Waals surface area contributed by atoms with Crippen LogP contribution in [0.15, 0.2) is 18.2 Å². The van der Waals surface area contributed by atoms with E-state index in [1.807, 2.05) is 0 Å². The smallest absolute Gasteiger partial charge is 0.326 e. The molecule has 3 rings (SSSR count). The highest BCUT2D eigenvalue weighted by Gasteiger charge is 2.48. The van der Waals surface area contributed by atoms with Crippen LogP contribution in [0.3, 0.4) is 0 Å². The molecular weight excluding hydrogens is 374 g/mol. The van der Waals surface area contributed by atoms with Crippen LogP contribution in [0.4, 0.5) is 0 Å². The number of methoxy groups -OCH3 is 1. The molecule has 0 spiro atoms. The lowest BCUT2D eigenvalue weighted by Crippen LogP contribution is -2.37. The molecule has 1 aliphatic carbocycles. The lowest BCUT2D eigenvalue weighted by atomic mass is 9.81. The number of imide groups is 1. The molecule has 0 unspecified atom stereocenters. The average molecular weight is 394 g/mol. The van der Waals surface area contributed by atoms with Gasteiger partial charge in [-0.25, -0.2) is 0 Å². The predicted octanol–water partition coefficient (Wildman–Crippen LogP) is 2.25. The van der Waals surface area contributed by atoms with Crippen molar-refractivity contribution in [2.45, 2.75) is 25.7 Å². The van der Waals surface area contributed by atoms with Crippen LogP contribution in [-0.4, -0.2) is 48.7 Å². The van der Waals surface area contributed by atoms with Gasteiger partial charge in [-0.15, -0.1) is 0 Å². The third-order valence-electron chi connectivity index (χ3n) is 5.06. The van der Waals surface area contributed by atoms with Gasteiger partial charge in [0.1, 0.15) is 12.3 Å². The second-order valence-corrected chi connectivity index (χ2v) is 7.10. The zero-order chi connectivity index (χ0) is 19.6. The van der Waals surface area contributed by atoms with Gasteiger partial charge in [0.2, 0.25) is 11.8 Å². The number of fused-ring (bicyclic) bond motifs is 1. The van der Waals surface area contributed by atoms with Crippen molar-refractivity contribution >= 4 is 35.2 Å². The number of carbonyl (C=O) groups excluding carboxylic acids is 4. The summed E-state index contributed by atoms with van der Waals surface area (Å²) in [6.07, 6.45) is 3.18. The number of ketones is 1. The summed E-state index contributed by atoms with van der Waals surface area (Å²) in [5, 5.41) is 0.269.